The second-order valence-corrected chi connectivity index (χ2v) is 9.20. The number of carbonyl (C=O) groups is 2. The minimum atomic E-state index is -0.464. The minimum Gasteiger partial charge on any atom is -0.353 e. The Hall–Kier alpha value is -2.87. The molecule has 1 amide bonds. The van der Waals surface area contributed by atoms with Crippen LogP contribution in [0.3, 0.4) is 0 Å². The lowest BCUT2D eigenvalue weighted by Gasteiger charge is -2.31. The fraction of sp³-hybridized carbons (Fsp3) is 0.520. The zero-order valence-corrected chi connectivity index (χ0v) is 19.1. The Labute approximate surface area is 193 Å². The number of carbonyl (C=O) groups excluding carboxylic acids is 2. The van der Waals surface area contributed by atoms with Crippen LogP contribution < -0.4 is 0 Å². The highest BCUT2D eigenvalue weighted by molar-refractivity contribution is 5.98. The van der Waals surface area contributed by atoms with Crippen LogP contribution >= 0.6 is 0 Å². The van der Waals surface area contributed by atoms with E-state index < -0.39 is 6.04 Å². The van der Waals surface area contributed by atoms with Gasteiger partial charge in [-0.3, -0.25) is 9.59 Å². The van der Waals surface area contributed by atoms with Gasteiger partial charge in [-0.2, -0.15) is 4.91 Å². The molecule has 0 radical (unpaired) electrons. The third-order valence-electron chi connectivity index (χ3n) is 6.94. The van der Waals surface area contributed by atoms with Crippen molar-refractivity contribution in [1.82, 2.24) is 14.4 Å². The van der Waals surface area contributed by atoms with Gasteiger partial charge in [-0.15, -0.1) is 0 Å². The molecule has 3 heterocycles. The first-order valence-electron chi connectivity index (χ1n) is 11.8. The summed E-state index contributed by atoms with van der Waals surface area (Å²) < 4.78 is 15.1. The first kappa shape index (κ1) is 23.3. The number of Topliss-reactive ketones (excluding diaryl/α,β-unsaturated/α-hetero) is 1. The number of unbranched alkanes of at least 4 members (excludes halogenated alkanes) is 1. The van der Waals surface area contributed by atoms with E-state index in [0.29, 0.717) is 24.1 Å². The number of hydrogen-bond donors (Lipinski definition) is 0. The monoisotopic (exact) mass is 454 g/mol. The predicted octanol–water partition coefficient (Wildman–Crippen LogP) is 4.29. The maximum absolute atomic E-state index is 13.1. The van der Waals surface area contributed by atoms with Gasteiger partial charge in [0.15, 0.2) is 5.78 Å². The first-order chi connectivity index (χ1) is 16.0. The lowest BCUT2D eigenvalue weighted by atomic mass is 9.89. The van der Waals surface area contributed by atoms with Gasteiger partial charge in [0.05, 0.1) is 5.56 Å². The lowest BCUT2D eigenvalue weighted by Crippen LogP contribution is -2.37. The standard InChI is InChI=1S/C25H31FN4O3/c1-28-13-10-23(27-33)21-16-30(17-22(21)25(28)32)12-3-2-11-29-14-8-19(9-15-29)24(31)18-4-6-20(26)7-5-18/h4-7,16-17,19,23H,2-3,8-15H2,1H3. The SMILES string of the molecule is CN1CCC(N=O)c2cn(CCCCN3CCC(C(=O)c4ccc(F)cc4)CC3)cc2C1=O. The Morgan fingerprint density at radius 2 is 1.73 bits per heavy atom. The van der Waals surface area contributed by atoms with Gasteiger partial charge in [0, 0.05) is 49.6 Å². The van der Waals surface area contributed by atoms with Crippen LogP contribution in [0.4, 0.5) is 4.39 Å². The second kappa shape index (κ2) is 10.4. The van der Waals surface area contributed by atoms with Gasteiger partial charge in [-0.25, -0.2) is 4.39 Å². The number of ketones is 1. The van der Waals surface area contributed by atoms with Crippen molar-refractivity contribution in [2.75, 3.05) is 33.2 Å². The number of likely N-dealkylation sites (tertiary alicyclic amines) is 1. The Kier molecular flexibility index (Phi) is 7.33. The van der Waals surface area contributed by atoms with Gasteiger partial charge >= 0.3 is 0 Å². The average molecular weight is 455 g/mol. The molecule has 2 aromatic rings. The molecule has 1 atom stereocenters. The highest BCUT2D eigenvalue weighted by Crippen LogP contribution is 2.30. The normalized spacial score (nSPS) is 19.9. The van der Waals surface area contributed by atoms with Crippen LogP contribution in [0.15, 0.2) is 41.8 Å². The molecule has 0 spiro atoms. The van der Waals surface area contributed by atoms with Crippen molar-refractivity contribution in [3.63, 3.8) is 0 Å². The summed E-state index contributed by atoms with van der Waals surface area (Å²) in [4.78, 5) is 40.5. The number of rotatable bonds is 8. The molecule has 1 saturated heterocycles. The van der Waals surface area contributed by atoms with Crippen LogP contribution in [-0.4, -0.2) is 59.3 Å². The Balaban J connectivity index is 1.22. The van der Waals surface area contributed by atoms with Crippen LogP contribution in [0.2, 0.25) is 0 Å². The highest BCUT2D eigenvalue weighted by Gasteiger charge is 2.29. The third-order valence-corrected chi connectivity index (χ3v) is 6.94. The van der Waals surface area contributed by atoms with Crippen molar-refractivity contribution in [2.45, 2.75) is 44.7 Å². The number of amides is 1. The summed E-state index contributed by atoms with van der Waals surface area (Å²) in [5.41, 5.74) is 1.93. The van der Waals surface area contributed by atoms with Crippen molar-refractivity contribution >= 4 is 11.7 Å². The van der Waals surface area contributed by atoms with Crippen molar-refractivity contribution < 1.29 is 14.0 Å². The van der Waals surface area contributed by atoms with E-state index in [9.17, 15) is 18.9 Å². The summed E-state index contributed by atoms with van der Waals surface area (Å²) in [5, 5.41) is 3.24. The second-order valence-electron chi connectivity index (χ2n) is 9.20. The molecule has 8 heteroatoms. The molecule has 1 fully saturated rings. The van der Waals surface area contributed by atoms with Gasteiger partial charge in [0.2, 0.25) is 0 Å². The van der Waals surface area contributed by atoms with E-state index in [1.54, 1.807) is 24.1 Å². The van der Waals surface area contributed by atoms with E-state index in [4.69, 9.17) is 0 Å². The first-order valence-corrected chi connectivity index (χ1v) is 11.8. The number of fused-ring (bicyclic) bond motifs is 1. The molecule has 1 aromatic carbocycles. The van der Waals surface area contributed by atoms with Gasteiger partial charge in [0.25, 0.3) is 5.91 Å². The number of aromatic nitrogens is 1. The summed E-state index contributed by atoms with van der Waals surface area (Å²) in [5.74, 6) is -0.244. The topological polar surface area (TPSA) is 75.0 Å². The van der Waals surface area contributed by atoms with Gasteiger partial charge in [0.1, 0.15) is 11.9 Å². The van der Waals surface area contributed by atoms with Gasteiger partial charge < -0.3 is 14.4 Å². The molecule has 0 N–H and O–H groups in total. The van der Waals surface area contributed by atoms with Gasteiger partial charge in [-0.1, -0.05) is 5.18 Å². The van der Waals surface area contributed by atoms with E-state index in [2.05, 4.69) is 10.1 Å². The highest BCUT2D eigenvalue weighted by atomic mass is 19.1. The van der Waals surface area contributed by atoms with Crippen LogP contribution in [0.5, 0.6) is 0 Å². The fourth-order valence-electron chi connectivity index (χ4n) is 4.89. The van der Waals surface area contributed by atoms with Gasteiger partial charge in [-0.05, 0) is 76.0 Å². The third kappa shape index (κ3) is 5.38. The van der Waals surface area contributed by atoms with Crippen molar-refractivity contribution in [1.29, 1.82) is 0 Å². The Morgan fingerprint density at radius 3 is 2.42 bits per heavy atom. The lowest BCUT2D eigenvalue weighted by molar-refractivity contribution is 0.0798. The molecule has 4 rings (SSSR count). The summed E-state index contributed by atoms with van der Waals surface area (Å²) in [7, 11) is 1.76. The van der Waals surface area contributed by atoms with Crippen LogP contribution in [0.1, 0.15) is 64.4 Å². The number of benzene rings is 1. The molecular formula is C25H31FN4O3. The van der Waals surface area contributed by atoms with Crippen LogP contribution in [-0.2, 0) is 6.54 Å². The maximum Gasteiger partial charge on any atom is 0.255 e. The molecule has 33 heavy (non-hydrogen) atoms. The number of nitroso groups, excluding NO2 is 1. The van der Waals surface area contributed by atoms with E-state index in [0.717, 1.165) is 57.4 Å². The molecule has 0 saturated carbocycles. The maximum atomic E-state index is 13.1. The zero-order chi connectivity index (χ0) is 23.4. The Morgan fingerprint density at radius 1 is 1.03 bits per heavy atom. The number of halogens is 1. The number of nitrogens with zero attached hydrogens (tertiary/aromatic N) is 4. The van der Waals surface area contributed by atoms with Crippen LogP contribution in [0, 0.1) is 16.6 Å². The fourth-order valence-corrected chi connectivity index (χ4v) is 4.89. The van der Waals surface area contributed by atoms with Crippen molar-refractivity contribution in [2.24, 2.45) is 11.1 Å². The summed E-state index contributed by atoms with van der Waals surface area (Å²) >= 11 is 0. The molecule has 0 bridgehead atoms. The van der Waals surface area contributed by atoms with Crippen LogP contribution in [0.25, 0.3) is 0 Å². The quantitative estimate of drug-likeness (QED) is 0.339. The number of piperidine rings is 1. The molecule has 1 aromatic heterocycles. The molecule has 0 aliphatic carbocycles. The smallest absolute Gasteiger partial charge is 0.255 e. The summed E-state index contributed by atoms with van der Waals surface area (Å²) in [6.07, 6.45) is 7.96. The predicted molar refractivity (Wildman–Crippen MR) is 124 cm³/mol. The molecule has 2 aliphatic rings. The number of hydrogen-bond acceptors (Lipinski definition) is 5. The average Bonchev–Trinajstić information content (AvgIpc) is 3.21. The molecule has 1 unspecified atom stereocenters. The minimum absolute atomic E-state index is 0.0111. The zero-order valence-electron chi connectivity index (χ0n) is 19.1. The summed E-state index contributed by atoms with van der Waals surface area (Å²) in [6.45, 7) is 4.08. The van der Waals surface area contributed by atoms with E-state index in [1.165, 1.54) is 12.1 Å². The molecular weight excluding hydrogens is 423 g/mol. The molecule has 7 nitrogen and oxygen atoms in total. The van der Waals surface area contributed by atoms with E-state index >= 15 is 0 Å². The van der Waals surface area contributed by atoms with E-state index in [-0.39, 0.29) is 23.4 Å². The summed E-state index contributed by atoms with van der Waals surface area (Å²) in [6, 6.07) is 5.37. The van der Waals surface area contributed by atoms with E-state index in [1.807, 2.05) is 17.0 Å². The molecule has 2 aliphatic heterocycles. The van der Waals surface area contributed by atoms with Crippen molar-refractivity contribution in [3.8, 4) is 0 Å². The number of aryl methyl sites for hydroxylation is 1. The molecule has 176 valence electrons. The largest absolute Gasteiger partial charge is 0.353 e. The Bertz CT molecular complexity index is 996. The van der Waals surface area contributed by atoms with Crippen molar-refractivity contribution in [3.05, 3.63) is 64.1 Å².